The zero-order valence-electron chi connectivity index (χ0n) is 16.9. The molecular formula is C20H30N4O3S. The van der Waals surface area contributed by atoms with Gasteiger partial charge in [-0.05, 0) is 24.5 Å². The summed E-state index contributed by atoms with van der Waals surface area (Å²) in [5.74, 6) is -0.637. The van der Waals surface area contributed by atoms with Crippen LogP contribution in [0.3, 0.4) is 0 Å². The molecule has 2 N–H and O–H groups in total. The van der Waals surface area contributed by atoms with Crippen LogP contribution in [-0.2, 0) is 11.2 Å². The average Bonchev–Trinajstić information content (AvgIpc) is 3.34. The minimum Gasteiger partial charge on any atom is -0.459 e. The second-order valence-electron chi connectivity index (χ2n) is 7.18. The lowest BCUT2D eigenvalue weighted by Gasteiger charge is -2.20. The topological polar surface area (TPSA) is 97.1 Å². The number of furan rings is 1. The number of carbonyl (C=O) groups excluding carboxylic acids is 2. The Morgan fingerprint density at radius 3 is 2.57 bits per heavy atom. The molecule has 2 aromatic rings. The van der Waals surface area contributed by atoms with E-state index >= 15 is 0 Å². The Morgan fingerprint density at radius 1 is 1.14 bits per heavy atom. The van der Waals surface area contributed by atoms with Gasteiger partial charge in [0.1, 0.15) is 11.0 Å². The molecule has 2 rings (SSSR count). The zero-order chi connectivity index (χ0) is 20.4. The van der Waals surface area contributed by atoms with Gasteiger partial charge in [0, 0.05) is 6.42 Å². The molecule has 154 valence electrons. The van der Waals surface area contributed by atoms with Crippen LogP contribution in [0.25, 0.3) is 0 Å². The van der Waals surface area contributed by atoms with Crippen LogP contribution in [0.15, 0.2) is 22.8 Å². The number of nitrogens with zero attached hydrogens (tertiary/aromatic N) is 2. The summed E-state index contributed by atoms with van der Waals surface area (Å²) in [6.07, 6.45) is 9.65. The summed E-state index contributed by atoms with van der Waals surface area (Å²) in [5.41, 5.74) is 0. The molecule has 0 aliphatic heterocycles. The molecule has 0 aliphatic rings. The van der Waals surface area contributed by atoms with Crippen molar-refractivity contribution in [1.29, 1.82) is 0 Å². The van der Waals surface area contributed by atoms with Crippen LogP contribution in [0.4, 0.5) is 5.13 Å². The first-order chi connectivity index (χ1) is 13.5. The van der Waals surface area contributed by atoms with Crippen molar-refractivity contribution in [2.24, 2.45) is 5.92 Å². The third-order valence-corrected chi connectivity index (χ3v) is 5.32. The molecule has 0 spiro atoms. The SMILES string of the molecule is CCCCCCCCc1nnc(NC(=O)C(NC(=O)c2ccco2)C(C)C)s1. The maximum Gasteiger partial charge on any atom is 0.287 e. The molecule has 8 heteroatoms. The summed E-state index contributed by atoms with van der Waals surface area (Å²) < 4.78 is 5.08. The van der Waals surface area contributed by atoms with Gasteiger partial charge >= 0.3 is 0 Å². The van der Waals surface area contributed by atoms with E-state index in [0.717, 1.165) is 17.8 Å². The summed E-state index contributed by atoms with van der Waals surface area (Å²) in [4.78, 5) is 24.8. The molecule has 2 heterocycles. The standard InChI is InChI=1S/C20H30N4O3S/c1-4-5-6-7-8-9-12-16-23-24-20(28-16)22-19(26)17(14(2)3)21-18(25)15-11-10-13-27-15/h10-11,13-14,17H,4-9,12H2,1-3H3,(H,21,25)(H,22,24,26). The van der Waals surface area contributed by atoms with Gasteiger partial charge in [0.05, 0.1) is 6.26 Å². The number of aromatic nitrogens is 2. The quantitative estimate of drug-likeness (QED) is 0.508. The highest BCUT2D eigenvalue weighted by molar-refractivity contribution is 7.15. The second kappa shape index (κ2) is 11.6. The highest BCUT2D eigenvalue weighted by Crippen LogP contribution is 2.19. The van der Waals surface area contributed by atoms with Crippen LogP contribution in [0.5, 0.6) is 0 Å². The molecule has 0 bridgehead atoms. The van der Waals surface area contributed by atoms with E-state index in [1.165, 1.54) is 49.7 Å². The molecule has 28 heavy (non-hydrogen) atoms. The Kier molecular flexibility index (Phi) is 9.13. The Hall–Kier alpha value is -2.22. The molecule has 2 amide bonds. The van der Waals surface area contributed by atoms with Gasteiger partial charge in [-0.1, -0.05) is 64.2 Å². The number of hydrogen-bond acceptors (Lipinski definition) is 6. The molecule has 7 nitrogen and oxygen atoms in total. The first-order valence-corrected chi connectivity index (χ1v) is 10.8. The van der Waals surface area contributed by atoms with E-state index in [-0.39, 0.29) is 17.6 Å². The Morgan fingerprint density at radius 2 is 1.89 bits per heavy atom. The third kappa shape index (κ3) is 7.07. The molecule has 0 aliphatic carbocycles. The molecule has 2 aromatic heterocycles. The normalized spacial score (nSPS) is 12.1. The molecular weight excluding hydrogens is 376 g/mol. The van der Waals surface area contributed by atoms with Crippen molar-refractivity contribution in [2.45, 2.75) is 71.8 Å². The monoisotopic (exact) mass is 406 g/mol. The lowest BCUT2D eigenvalue weighted by molar-refractivity contribution is -0.118. The summed E-state index contributed by atoms with van der Waals surface area (Å²) in [5, 5.41) is 15.1. The lowest BCUT2D eigenvalue weighted by Crippen LogP contribution is -2.47. The molecule has 0 fully saturated rings. The van der Waals surface area contributed by atoms with E-state index in [4.69, 9.17) is 4.42 Å². The summed E-state index contributed by atoms with van der Waals surface area (Å²) in [6.45, 7) is 5.96. The number of hydrogen-bond donors (Lipinski definition) is 2. The summed E-state index contributed by atoms with van der Waals surface area (Å²) in [7, 11) is 0. The largest absolute Gasteiger partial charge is 0.459 e. The van der Waals surface area contributed by atoms with E-state index in [1.807, 2.05) is 13.8 Å². The molecule has 0 saturated heterocycles. The van der Waals surface area contributed by atoms with Crippen molar-refractivity contribution in [3.8, 4) is 0 Å². The maximum absolute atomic E-state index is 12.6. The molecule has 0 aromatic carbocycles. The smallest absolute Gasteiger partial charge is 0.287 e. The van der Waals surface area contributed by atoms with E-state index in [2.05, 4.69) is 27.8 Å². The van der Waals surface area contributed by atoms with Crippen molar-refractivity contribution in [1.82, 2.24) is 15.5 Å². The highest BCUT2D eigenvalue weighted by Gasteiger charge is 2.26. The van der Waals surface area contributed by atoms with Crippen LogP contribution < -0.4 is 10.6 Å². The molecule has 1 unspecified atom stereocenters. The average molecular weight is 407 g/mol. The van der Waals surface area contributed by atoms with Crippen molar-refractivity contribution in [3.05, 3.63) is 29.2 Å². The fourth-order valence-corrected chi connectivity index (χ4v) is 3.58. The Labute approximate surface area is 170 Å². The molecule has 0 radical (unpaired) electrons. The van der Waals surface area contributed by atoms with Gasteiger partial charge in [0.15, 0.2) is 5.76 Å². The number of aryl methyl sites for hydroxylation is 1. The molecule has 0 saturated carbocycles. The Balaban J connectivity index is 1.83. The summed E-state index contributed by atoms with van der Waals surface area (Å²) >= 11 is 1.39. The second-order valence-corrected chi connectivity index (χ2v) is 8.24. The predicted molar refractivity (Wildman–Crippen MR) is 110 cm³/mol. The first kappa shape index (κ1) is 22.1. The van der Waals surface area contributed by atoms with E-state index in [1.54, 1.807) is 12.1 Å². The van der Waals surface area contributed by atoms with E-state index in [9.17, 15) is 9.59 Å². The Bertz CT molecular complexity index is 728. The minimum absolute atomic E-state index is 0.0885. The van der Waals surface area contributed by atoms with Crippen LogP contribution in [0.2, 0.25) is 0 Å². The lowest BCUT2D eigenvalue weighted by atomic mass is 10.0. The van der Waals surface area contributed by atoms with Crippen LogP contribution in [0, 0.1) is 5.92 Å². The molecule has 1 atom stereocenters. The maximum atomic E-state index is 12.6. The number of unbranched alkanes of at least 4 members (excludes halogenated alkanes) is 5. The van der Waals surface area contributed by atoms with Crippen LogP contribution in [0.1, 0.15) is 74.9 Å². The van der Waals surface area contributed by atoms with Gasteiger partial charge in [-0.3, -0.25) is 14.9 Å². The zero-order valence-corrected chi connectivity index (χ0v) is 17.7. The number of nitrogens with one attached hydrogen (secondary N) is 2. The number of amides is 2. The van der Waals surface area contributed by atoms with E-state index in [0.29, 0.717) is 5.13 Å². The van der Waals surface area contributed by atoms with Crippen molar-refractivity contribution >= 4 is 28.3 Å². The predicted octanol–water partition coefficient (Wildman–Crippen LogP) is 4.43. The number of carbonyl (C=O) groups is 2. The third-order valence-electron chi connectivity index (χ3n) is 4.42. The first-order valence-electron chi connectivity index (χ1n) is 9.98. The fourth-order valence-electron chi connectivity index (χ4n) is 2.80. The highest BCUT2D eigenvalue weighted by atomic mass is 32.1. The van der Waals surface area contributed by atoms with Crippen LogP contribution >= 0.6 is 11.3 Å². The van der Waals surface area contributed by atoms with Crippen LogP contribution in [-0.4, -0.2) is 28.1 Å². The van der Waals surface area contributed by atoms with E-state index < -0.39 is 11.9 Å². The summed E-state index contributed by atoms with van der Waals surface area (Å²) in [6, 6.07) is 2.50. The van der Waals surface area contributed by atoms with Crippen molar-refractivity contribution in [2.75, 3.05) is 5.32 Å². The number of rotatable bonds is 12. The van der Waals surface area contributed by atoms with Gasteiger partial charge in [-0.25, -0.2) is 0 Å². The van der Waals surface area contributed by atoms with Gasteiger partial charge in [-0.2, -0.15) is 0 Å². The van der Waals surface area contributed by atoms with Gasteiger partial charge in [0.2, 0.25) is 11.0 Å². The van der Waals surface area contributed by atoms with Crippen molar-refractivity contribution < 1.29 is 14.0 Å². The van der Waals surface area contributed by atoms with Crippen molar-refractivity contribution in [3.63, 3.8) is 0 Å². The van der Waals surface area contributed by atoms with Gasteiger partial charge in [0.25, 0.3) is 5.91 Å². The van der Waals surface area contributed by atoms with Gasteiger partial charge < -0.3 is 9.73 Å². The number of anilines is 1. The fraction of sp³-hybridized carbons (Fsp3) is 0.600. The minimum atomic E-state index is -0.691. The van der Waals surface area contributed by atoms with Gasteiger partial charge in [-0.15, -0.1) is 10.2 Å².